The van der Waals surface area contributed by atoms with Crippen LogP contribution >= 0.6 is 0 Å². The first-order valence-electron chi connectivity index (χ1n) is 7.58. The van der Waals surface area contributed by atoms with Gasteiger partial charge in [-0.05, 0) is 38.0 Å². The van der Waals surface area contributed by atoms with Gasteiger partial charge in [0.15, 0.2) is 0 Å². The molecule has 3 atom stereocenters. The van der Waals surface area contributed by atoms with Crippen molar-refractivity contribution >= 4 is 0 Å². The lowest BCUT2D eigenvalue weighted by atomic mass is 9.89. The Hall–Kier alpha value is -0.0800. The molecule has 0 spiro atoms. The molecule has 2 rings (SSSR count). The highest BCUT2D eigenvalue weighted by Crippen LogP contribution is 2.41. The average molecular weight is 238 g/mol. The molecular weight excluding hydrogens is 208 g/mol. The van der Waals surface area contributed by atoms with Crippen molar-refractivity contribution in [2.24, 2.45) is 11.8 Å². The second-order valence-electron chi connectivity index (χ2n) is 6.58. The second kappa shape index (κ2) is 5.27. The van der Waals surface area contributed by atoms with E-state index >= 15 is 0 Å². The standard InChI is InChI=1S/C15H30N2/c1-5-12(3)10-17-11-15(4,13-7-8-13)16-9-14(17)6-2/h12-14,16H,5-11H2,1-4H3. The van der Waals surface area contributed by atoms with Gasteiger partial charge in [0.2, 0.25) is 0 Å². The van der Waals surface area contributed by atoms with Crippen LogP contribution in [-0.4, -0.2) is 36.1 Å². The van der Waals surface area contributed by atoms with E-state index in [1.165, 1.54) is 45.3 Å². The summed E-state index contributed by atoms with van der Waals surface area (Å²) in [5.41, 5.74) is 0.402. The molecule has 0 aromatic heterocycles. The van der Waals surface area contributed by atoms with Crippen LogP contribution in [0.4, 0.5) is 0 Å². The molecule has 2 heteroatoms. The van der Waals surface area contributed by atoms with E-state index in [9.17, 15) is 0 Å². The Morgan fingerprint density at radius 2 is 2.06 bits per heavy atom. The molecule has 17 heavy (non-hydrogen) atoms. The summed E-state index contributed by atoms with van der Waals surface area (Å²) in [6.45, 7) is 13.2. The van der Waals surface area contributed by atoms with Crippen LogP contribution in [0.15, 0.2) is 0 Å². The lowest BCUT2D eigenvalue weighted by Crippen LogP contribution is -2.64. The lowest BCUT2D eigenvalue weighted by molar-refractivity contribution is 0.0609. The molecular formula is C15H30N2. The highest BCUT2D eigenvalue weighted by molar-refractivity contribution is 5.04. The van der Waals surface area contributed by atoms with Crippen molar-refractivity contribution in [1.82, 2.24) is 10.2 Å². The van der Waals surface area contributed by atoms with Crippen molar-refractivity contribution < 1.29 is 0 Å². The van der Waals surface area contributed by atoms with Gasteiger partial charge in [0, 0.05) is 31.2 Å². The molecule has 3 unspecified atom stereocenters. The number of nitrogens with one attached hydrogen (secondary N) is 1. The SMILES string of the molecule is CCC(C)CN1CC(C)(C2CC2)NCC1CC. The second-order valence-corrected chi connectivity index (χ2v) is 6.58. The van der Waals surface area contributed by atoms with Crippen LogP contribution in [0.2, 0.25) is 0 Å². The molecule has 2 aliphatic rings. The van der Waals surface area contributed by atoms with Crippen LogP contribution < -0.4 is 5.32 Å². The highest BCUT2D eigenvalue weighted by Gasteiger charge is 2.45. The summed E-state index contributed by atoms with van der Waals surface area (Å²) in [5, 5.41) is 3.84. The fourth-order valence-corrected chi connectivity index (χ4v) is 3.23. The molecule has 1 N–H and O–H groups in total. The molecule has 2 fully saturated rings. The van der Waals surface area contributed by atoms with E-state index in [2.05, 4.69) is 37.9 Å². The maximum absolute atomic E-state index is 3.84. The van der Waals surface area contributed by atoms with E-state index in [0.29, 0.717) is 5.54 Å². The Kier molecular flexibility index (Phi) is 4.14. The minimum atomic E-state index is 0.402. The number of nitrogens with zero attached hydrogens (tertiary/aromatic N) is 1. The normalized spacial score (nSPS) is 37.1. The van der Waals surface area contributed by atoms with Crippen LogP contribution in [0.3, 0.4) is 0 Å². The third-order valence-electron chi connectivity index (χ3n) is 4.98. The molecule has 1 aliphatic carbocycles. The van der Waals surface area contributed by atoms with Gasteiger partial charge in [-0.3, -0.25) is 4.90 Å². The van der Waals surface area contributed by atoms with E-state index in [1.807, 2.05) is 0 Å². The third-order valence-corrected chi connectivity index (χ3v) is 4.98. The van der Waals surface area contributed by atoms with Gasteiger partial charge in [-0.2, -0.15) is 0 Å². The Morgan fingerprint density at radius 1 is 1.35 bits per heavy atom. The Bertz CT molecular complexity index is 249. The summed E-state index contributed by atoms with van der Waals surface area (Å²) < 4.78 is 0. The van der Waals surface area contributed by atoms with Crippen molar-refractivity contribution in [3.63, 3.8) is 0 Å². The first-order chi connectivity index (χ1) is 8.09. The van der Waals surface area contributed by atoms with Gasteiger partial charge < -0.3 is 5.32 Å². The first-order valence-corrected chi connectivity index (χ1v) is 7.58. The predicted molar refractivity (Wildman–Crippen MR) is 74.2 cm³/mol. The van der Waals surface area contributed by atoms with E-state index in [1.54, 1.807) is 0 Å². The topological polar surface area (TPSA) is 15.3 Å². The van der Waals surface area contributed by atoms with Crippen molar-refractivity contribution in [1.29, 1.82) is 0 Å². The molecule has 0 amide bonds. The van der Waals surface area contributed by atoms with E-state index in [-0.39, 0.29) is 0 Å². The van der Waals surface area contributed by atoms with Crippen molar-refractivity contribution in [3.8, 4) is 0 Å². The van der Waals surface area contributed by atoms with Crippen LogP contribution in [0.5, 0.6) is 0 Å². The molecule has 0 bridgehead atoms. The zero-order valence-electron chi connectivity index (χ0n) is 12.1. The van der Waals surface area contributed by atoms with Crippen LogP contribution in [0.1, 0.15) is 53.4 Å². The maximum atomic E-state index is 3.84. The molecule has 1 saturated carbocycles. The summed E-state index contributed by atoms with van der Waals surface area (Å²) in [5.74, 6) is 1.78. The smallest absolute Gasteiger partial charge is 0.0309 e. The van der Waals surface area contributed by atoms with Crippen molar-refractivity contribution in [2.45, 2.75) is 65.0 Å². The highest BCUT2D eigenvalue weighted by atomic mass is 15.3. The minimum absolute atomic E-state index is 0.402. The third kappa shape index (κ3) is 3.03. The largest absolute Gasteiger partial charge is 0.308 e. The summed E-state index contributed by atoms with van der Waals surface area (Å²) in [7, 11) is 0. The van der Waals surface area contributed by atoms with Gasteiger partial charge >= 0.3 is 0 Å². The summed E-state index contributed by atoms with van der Waals surface area (Å²) in [6, 6.07) is 0.760. The lowest BCUT2D eigenvalue weighted by Gasteiger charge is -2.47. The molecule has 1 heterocycles. The van der Waals surface area contributed by atoms with Crippen molar-refractivity contribution in [2.75, 3.05) is 19.6 Å². The Labute approximate surface area is 107 Å². The minimum Gasteiger partial charge on any atom is -0.308 e. The van der Waals surface area contributed by atoms with E-state index in [4.69, 9.17) is 0 Å². The zero-order chi connectivity index (χ0) is 12.5. The Balaban J connectivity index is 1.97. The fourth-order valence-electron chi connectivity index (χ4n) is 3.23. The number of hydrogen-bond acceptors (Lipinski definition) is 2. The summed E-state index contributed by atoms with van der Waals surface area (Å²) in [6.07, 6.45) is 5.47. The van der Waals surface area contributed by atoms with E-state index in [0.717, 1.165) is 17.9 Å². The Morgan fingerprint density at radius 3 is 2.59 bits per heavy atom. The number of rotatable bonds is 5. The van der Waals surface area contributed by atoms with Gasteiger partial charge in [-0.1, -0.05) is 27.2 Å². The molecule has 1 saturated heterocycles. The molecule has 100 valence electrons. The van der Waals surface area contributed by atoms with Crippen LogP contribution in [0.25, 0.3) is 0 Å². The zero-order valence-corrected chi connectivity index (χ0v) is 12.1. The monoisotopic (exact) mass is 238 g/mol. The average Bonchev–Trinajstić information content (AvgIpc) is 3.13. The number of hydrogen-bond donors (Lipinski definition) is 1. The van der Waals surface area contributed by atoms with Crippen molar-refractivity contribution in [3.05, 3.63) is 0 Å². The number of piperazine rings is 1. The van der Waals surface area contributed by atoms with Gasteiger partial charge in [-0.25, -0.2) is 0 Å². The van der Waals surface area contributed by atoms with Gasteiger partial charge in [0.1, 0.15) is 0 Å². The first kappa shape index (κ1) is 13.4. The predicted octanol–water partition coefficient (Wildman–Crippen LogP) is 2.89. The van der Waals surface area contributed by atoms with Crippen LogP contribution in [0, 0.1) is 11.8 Å². The molecule has 0 aromatic carbocycles. The van der Waals surface area contributed by atoms with Gasteiger partial charge in [0.05, 0.1) is 0 Å². The molecule has 0 aromatic rings. The maximum Gasteiger partial charge on any atom is 0.0309 e. The van der Waals surface area contributed by atoms with Crippen LogP contribution in [-0.2, 0) is 0 Å². The quantitative estimate of drug-likeness (QED) is 0.792. The van der Waals surface area contributed by atoms with Gasteiger partial charge in [-0.15, -0.1) is 0 Å². The summed E-state index contributed by atoms with van der Waals surface area (Å²) >= 11 is 0. The van der Waals surface area contributed by atoms with Gasteiger partial charge in [0.25, 0.3) is 0 Å². The summed E-state index contributed by atoms with van der Waals surface area (Å²) in [4.78, 5) is 2.77. The molecule has 2 nitrogen and oxygen atoms in total. The van der Waals surface area contributed by atoms with E-state index < -0.39 is 0 Å². The molecule has 0 radical (unpaired) electrons. The molecule has 1 aliphatic heterocycles. The fraction of sp³-hybridized carbons (Fsp3) is 1.00.